The zero-order valence-corrected chi connectivity index (χ0v) is 20.4. The van der Waals surface area contributed by atoms with Gasteiger partial charge in [-0.3, -0.25) is 14.6 Å². The molecule has 2 aliphatic rings. The van der Waals surface area contributed by atoms with Crippen molar-refractivity contribution in [1.29, 1.82) is 0 Å². The van der Waals surface area contributed by atoms with E-state index in [1.807, 2.05) is 11.0 Å². The van der Waals surface area contributed by atoms with Crippen LogP contribution in [0.4, 0.5) is 5.69 Å². The van der Waals surface area contributed by atoms with Gasteiger partial charge in [0.15, 0.2) is 11.5 Å². The molecule has 0 bridgehead atoms. The molecule has 3 N–H and O–H groups in total. The van der Waals surface area contributed by atoms with E-state index >= 15 is 0 Å². The van der Waals surface area contributed by atoms with E-state index in [0.29, 0.717) is 39.9 Å². The molecule has 36 heavy (non-hydrogen) atoms. The van der Waals surface area contributed by atoms with Crippen LogP contribution in [0.3, 0.4) is 0 Å². The number of amides is 2. The lowest BCUT2D eigenvalue weighted by molar-refractivity contribution is 0.0606. The fourth-order valence-corrected chi connectivity index (χ4v) is 4.81. The van der Waals surface area contributed by atoms with Crippen molar-refractivity contribution in [3.63, 3.8) is 0 Å². The number of benzene rings is 2. The van der Waals surface area contributed by atoms with E-state index in [9.17, 15) is 9.59 Å². The summed E-state index contributed by atoms with van der Waals surface area (Å²) in [6.07, 6.45) is 6.45. The normalized spacial score (nSPS) is 18.5. The van der Waals surface area contributed by atoms with Crippen molar-refractivity contribution in [1.82, 2.24) is 9.88 Å². The summed E-state index contributed by atoms with van der Waals surface area (Å²) in [5, 5.41) is 3.40. The number of pyridine rings is 1. The number of hydrogen-bond donors (Lipinski definition) is 2. The second kappa shape index (κ2) is 10.6. The summed E-state index contributed by atoms with van der Waals surface area (Å²) in [5.41, 5.74) is 8.44. The van der Waals surface area contributed by atoms with Crippen LogP contribution in [0.5, 0.6) is 11.5 Å². The molecule has 1 fully saturated rings. The van der Waals surface area contributed by atoms with Crippen molar-refractivity contribution in [2.45, 2.75) is 44.3 Å². The Labute approximate surface area is 214 Å². The molecule has 3 aromatic rings. The number of nitrogens with two attached hydrogens (primary N) is 1. The molecular formula is C27H27ClN4O4. The van der Waals surface area contributed by atoms with E-state index in [4.69, 9.17) is 26.8 Å². The number of carbonyl (C=O) groups is 2. The molecule has 0 unspecified atom stereocenters. The van der Waals surface area contributed by atoms with Gasteiger partial charge in [-0.1, -0.05) is 11.6 Å². The Kier molecular flexibility index (Phi) is 7.06. The number of aromatic nitrogens is 1. The average molecular weight is 507 g/mol. The van der Waals surface area contributed by atoms with Crippen molar-refractivity contribution in [2.24, 2.45) is 5.73 Å². The number of hydrogen-bond acceptors (Lipinski definition) is 6. The molecule has 9 heteroatoms. The first kappa shape index (κ1) is 24.1. The van der Waals surface area contributed by atoms with Gasteiger partial charge < -0.3 is 25.4 Å². The van der Waals surface area contributed by atoms with Crippen LogP contribution in [0.25, 0.3) is 0 Å². The zero-order valence-electron chi connectivity index (χ0n) is 19.7. The maximum Gasteiger partial charge on any atom is 0.257 e. The SMILES string of the molecule is NC1CCC(N(Cc2cc(NC(=O)c3cccnc3)ccc2Cl)C(=O)c2ccc3c(c2)OCO3)CC1. The summed E-state index contributed by atoms with van der Waals surface area (Å²) >= 11 is 6.57. The van der Waals surface area contributed by atoms with E-state index < -0.39 is 0 Å². The standard InChI is InChI=1S/C27H27ClN4O4/c28-23-9-6-21(31-26(33)18-2-1-11-30-14-18)12-19(23)15-32(22-7-4-20(29)5-8-22)27(34)17-3-10-24-25(13-17)36-16-35-24/h1-3,6,9-14,20,22H,4-5,7-8,15-16,29H2,(H,31,33). The second-order valence-electron chi connectivity index (χ2n) is 9.07. The van der Waals surface area contributed by atoms with E-state index in [1.54, 1.807) is 48.7 Å². The summed E-state index contributed by atoms with van der Waals surface area (Å²) in [4.78, 5) is 32.2. The van der Waals surface area contributed by atoms with E-state index in [1.165, 1.54) is 6.20 Å². The van der Waals surface area contributed by atoms with Gasteiger partial charge >= 0.3 is 0 Å². The van der Waals surface area contributed by atoms with Gasteiger partial charge in [0.1, 0.15) is 0 Å². The topological polar surface area (TPSA) is 107 Å². The summed E-state index contributed by atoms with van der Waals surface area (Å²) < 4.78 is 10.9. The first-order valence-electron chi connectivity index (χ1n) is 11.9. The number of carbonyl (C=O) groups excluding carboxylic acids is 2. The molecule has 1 aliphatic carbocycles. The van der Waals surface area contributed by atoms with Gasteiger partial charge in [0.25, 0.3) is 11.8 Å². The zero-order chi connectivity index (χ0) is 25.1. The minimum atomic E-state index is -0.272. The molecule has 0 radical (unpaired) electrons. The van der Waals surface area contributed by atoms with Crippen molar-refractivity contribution < 1.29 is 19.1 Å². The first-order chi connectivity index (χ1) is 17.5. The average Bonchev–Trinajstić information content (AvgIpc) is 3.38. The molecule has 2 aromatic carbocycles. The number of rotatable bonds is 6. The predicted molar refractivity (Wildman–Crippen MR) is 136 cm³/mol. The maximum atomic E-state index is 13.8. The van der Waals surface area contributed by atoms with Gasteiger partial charge in [0.05, 0.1) is 5.56 Å². The first-order valence-corrected chi connectivity index (χ1v) is 12.3. The van der Waals surface area contributed by atoms with Gasteiger partial charge in [-0.2, -0.15) is 0 Å². The van der Waals surface area contributed by atoms with E-state index in [0.717, 1.165) is 31.2 Å². The van der Waals surface area contributed by atoms with Crippen molar-refractivity contribution >= 4 is 29.1 Å². The number of halogens is 1. The van der Waals surface area contributed by atoms with Crippen molar-refractivity contribution in [3.8, 4) is 11.5 Å². The molecule has 1 aliphatic heterocycles. The lowest BCUT2D eigenvalue weighted by atomic mass is 9.90. The highest BCUT2D eigenvalue weighted by molar-refractivity contribution is 6.31. The predicted octanol–water partition coefficient (Wildman–Crippen LogP) is 4.63. The molecule has 0 spiro atoms. The van der Waals surface area contributed by atoms with Gasteiger partial charge in [0, 0.05) is 47.3 Å². The van der Waals surface area contributed by atoms with Gasteiger partial charge in [-0.05, 0) is 79.8 Å². The lowest BCUT2D eigenvalue weighted by Gasteiger charge is -2.36. The summed E-state index contributed by atoms with van der Waals surface area (Å²) in [6.45, 7) is 0.437. The Morgan fingerprint density at radius 3 is 2.61 bits per heavy atom. The van der Waals surface area contributed by atoms with Crippen LogP contribution in [-0.2, 0) is 6.54 Å². The van der Waals surface area contributed by atoms with Gasteiger partial charge in [-0.25, -0.2) is 0 Å². The Morgan fingerprint density at radius 1 is 1.03 bits per heavy atom. The number of nitrogens with zero attached hydrogens (tertiary/aromatic N) is 2. The summed E-state index contributed by atoms with van der Waals surface area (Å²) in [6, 6.07) is 14.1. The molecular weight excluding hydrogens is 480 g/mol. The Balaban J connectivity index is 1.40. The monoisotopic (exact) mass is 506 g/mol. The quantitative estimate of drug-likeness (QED) is 0.505. The molecule has 186 valence electrons. The molecule has 2 heterocycles. The van der Waals surface area contributed by atoms with Crippen molar-refractivity contribution in [2.75, 3.05) is 12.1 Å². The smallest absolute Gasteiger partial charge is 0.257 e. The van der Waals surface area contributed by atoms with E-state index in [2.05, 4.69) is 10.3 Å². The number of anilines is 1. The molecule has 0 atom stereocenters. The van der Waals surface area contributed by atoms with Crippen LogP contribution in [-0.4, -0.2) is 40.6 Å². The van der Waals surface area contributed by atoms with Crippen LogP contribution in [0, 0.1) is 0 Å². The van der Waals surface area contributed by atoms with Crippen molar-refractivity contribution in [3.05, 3.63) is 82.6 Å². The second-order valence-corrected chi connectivity index (χ2v) is 9.48. The largest absolute Gasteiger partial charge is 0.454 e. The lowest BCUT2D eigenvalue weighted by Crippen LogP contribution is -2.43. The summed E-state index contributed by atoms with van der Waals surface area (Å²) in [7, 11) is 0. The maximum absolute atomic E-state index is 13.8. The highest BCUT2D eigenvalue weighted by atomic mass is 35.5. The van der Waals surface area contributed by atoms with Crippen LogP contribution >= 0.6 is 11.6 Å². The third-order valence-electron chi connectivity index (χ3n) is 6.63. The molecule has 1 aromatic heterocycles. The number of ether oxygens (including phenoxy) is 2. The minimum Gasteiger partial charge on any atom is -0.454 e. The molecule has 8 nitrogen and oxygen atoms in total. The fraction of sp³-hybridized carbons (Fsp3) is 0.296. The highest BCUT2D eigenvalue weighted by Gasteiger charge is 2.30. The van der Waals surface area contributed by atoms with Crippen LogP contribution < -0.4 is 20.5 Å². The van der Waals surface area contributed by atoms with Gasteiger partial charge in [0.2, 0.25) is 6.79 Å². The Bertz CT molecular complexity index is 1260. The molecule has 0 saturated heterocycles. The molecule has 1 saturated carbocycles. The van der Waals surface area contributed by atoms with Crippen LogP contribution in [0.15, 0.2) is 60.9 Å². The Hall–Kier alpha value is -3.62. The summed E-state index contributed by atoms with van der Waals surface area (Å²) in [5.74, 6) is 0.798. The Morgan fingerprint density at radius 2 is 1.83 bits per heavy atom. The van der Waals surface area contributed by atoms with Gasteiger partial charge in [-0.15, -0.1) is 0 Å². The minimum absolute atomic E-state index is 0.0208. The van der Waals surface area contributed by atoms with E-state index in [-0.39, 0.29) is 30.7 Å². The number of nitrogens with one attached hydrogen (secondary N) is 1. The third-order valence-corrected chi connectivity index (χ3v) is 7.00. The molecule has 2 amide bonds. The number of fused-ring (bicyclic) bond motifs is 1. The highest BCUT2D eigenvalue weighted by Crippen LogP contribution is 2.34. The van der Waals surface area contributed by atoms with Crippen LogP contribution in [0.1, 0.15) is 52.0 Å². The third kappa shape index (κ3) is 5.29. The van der Waals surface area contributed by atoms with Crippen LogP contribution in [0.2, 0.25) is 5.02 Å². The fourth-order valence-electron chi connectivity index (χ4n) is 4.63. The molecule has 5 rings (SSSR count).